The fourth-order valence-electron chi connectivity index (χ4n) is 0.460. The highest BCUT2D eigenvalue weighted by Gasteiger charge is 2.03. The molecule has 5 heteroatoms. The van der Waals surface area contributed by atoms with Gasteiger partial charge in [0.05, 0.1) is 4.47 Å². The number of H-pyrrole nitrogens is 1. The second kappa shape index (κ2) is 3.07. The summed E-state index contributed by atoms with van der Waals surface area (Å²) in [7, 11) is 0. The quantitative estimate of drug-likeness (QED) is 0.731. The fraction of sp³-hybridized carbons (Fsp3) is 0. The summed E-state index contributed by atoms with van der Waals surface area (Å²) < 4.78 is 0.812. The van der Waals surface area contributed by atoms with E-state index in [4.69, 9.17) is 11.6 Å². The number of rotatable bonds is 0. The van der Waals surface area contributed by atoms with Crippen molar-refractivity contribution in [1.82, 2.24) is 4.98 Å². The molecule has 0 fully saturated rings. The first-order valence-corrected chi connectivity index (χ1v) is 4.31. The minimum absolute atomic E-state index is 0.149. The predicted molar refractivity (Wildman–Crippen MR) is 47.5 cm³/mol. The molecule has 0 amide bonds. The van der Waals surface area contributed by atoms with Gasteiger partial charge >= 0.3 is 0 Å². The van der Waals surface area contributed by atoms with Crippen molar-refractivity contribution in [1.29, 1.82) is 0 Å². The van der Waals surface area contributed by atoms with Gasteiger partial charge in [-0.1, -0.05) is 11.6 Å². The van der Waals surface area contributed by atoms with Gasteiger partial charge in [-0.15, -0.1) is 0 Å². The van der Waals surface area contributed by atoms with Crippen LogP contribution in [0.4, 0.5) is 0 Å². The third-order valence-corrected chi connectivity index (χ3v) is 2.81. The third-order valence-electron chi connectivity index (χ3n) is 0.935. The van der Waals surface area contributed by atoms with E-state index in [1.165, 1.54) is 6.20 Å². The highest BCUT2D eigenvalue weighted by Crippen LogP contribution is 2.16. The number of hydrogen-bond acceptors (Lipinski definition) is 1. The molecule has 1 N–H and O–H groups in total. The van der Waals surface area contributed by atoms with Crippen LogP contribution in [0.3, 0.4) is 0 Å². The zero-order chi connectivity index (χ0) is 7.72. The molecular formula is C5H2Br2ClNO. The summed E-state index contributed by atoms with van der Waals surface area (Å²) >= 11 is 11.6. The molecule has 0 aromatic carbocycles. The lowest BCUT2D eigenvalue weighted by atomic mass is 10.5. The minimum atomic E-state index is -0.149. The van der Waals surface area contributed by atoms with Crippen LogP contribution in [0, 0.1) is 0 Å². The molecule has 0 aliphatic carbocycles. The van der Waals surface area contributed by atoms with E-state index in [1.807, 2.05) is 0 Å². The molecule has 10 heavy (non-hydrogen) atoms. The van der Waals surface area contributed by atoms with Gasteiger partial charge < -0.3 is 4.98 Å². The van der Waals surface area contributed by atoms with Crippen molar-refractivity contribution in [2.45, 2.75) is 0 Å². The molecule has 1 aromatic heterocycles. The van der Waals surface area contributed by atoms with Gasteiger partial charge in [0.1, 0.15) is 9.63 Å². The van der Waals surface area contributed by atoms with Gasteiger partial charge in [-0.25, -0.2) is 0 Å². The van der Waals surface area contributed by atoms with Gasteiger partial charge in [-0.05, 0) is 31.9 Å². The fourth-order valence-corrected chi connectivity index (χ4v) is 1.51. The number of pyridine rings is 1. The average Bonchev–Trinajstić information content (AvgIpc) is 1.93. The molecule has 0 saturated carbocycles. The molecule has 0 atom stereocenters. The molecular weight excluding hydrogens is 285 g/mol. The summed E-state index contributed by atoms with van der Waals surface area (Å²) in [5, 5.41) is 0.313. The summed E-state index contributed by atoms with van der Waals surface area (Å²) in [5.41, 5.74) is -0.149. The number of aromatic amines is 1. The largest absolute Gasteiger partial charge is 0.350 e. The number of hydrogen-bond donors (Lipinski definition) is 1. The van der Waals surface area contributed by atoms with Gasteiger partial charge in [0.2, 0.25) is 5.43 Å². The molecule has 1 rings (SSSR count). The predicted octanol–water partition coefficient (Wildman–Crippen LogP) is 2.55. The van der Waals surface area contributed by atoms with Crippen LogP contribution in [0.5, 0.6) is 0 Å². The van der Waals surface area contributed by atoms with Crippen LogP contribution in [0.1, 0.15) is 0 Å². The van der Waals surface area contributed by atoms with Crippen LogP contribution in [0.2, 0.25) is 5.15 Å². The average molecular weight is 287 g/mol. The zero-order valence-corrected chi connectivity index (χ0v) is 8.55. The van der Waals surface area contributed by atoms with Gasteiger partial charge in [0, 0.05) is 6.20 Å². The van der Waals surface area contributed by atoms with Crippen molar-refractivity contribution in [2.24, 2.45) is 0 Å². The number of halogens is 3. The van der Waals surface area contributed by atoms with Crippen LogP contribution in [0.15, 0.2) is 19.9 Å². The summed E-state index contributed by atoms with van der Waals surface area (Å²) in [6.07, 6.45) is 1.50. The van der Waals surface area contributed by atoms with Gasteiger partial charge in [0.15, 0.2) is 0 Å². The summed E-state index contributed by atoms with van der Waals surface area (Å²) in [6, 6.07) is 0. The standard InChI is InChI=1S/C5H2Br2ClNO/c6-2-1-9-5(8)3(7)4(2)10/h1H,(H,9,10). The molecule has 54 valence electrons. The second-order valence-corrected chi connectivity index (χ2v) is 3.62. The van der Waals surface area contributed by atoms with Crippen LogP contribution < -0.4 is 5.43 Å². The maximum atomic E-state index is 11.0. The lowest BCUT2D eigenvalue weighted by Gasteiger charge is -1.93. The highest BCUT2D eigenvalue weighted by atomic mass is 79.9. The van der Waals surface area contributed by atoms with Crippen molar-refractivity contribution in [3.8, 4) is 0 Å². The molecule has 0 unspecified atom stereocenters. The first kappa shape index (κ1) is 8.30. The number of nitrogens with one attached hydrogen (secondary N) is 1. The Kier molecular flexibility index (Phi) is 2.55. The molecule has 2 nitrogen and oxygen atoms in total. The second-order valence-electron chi connectivity index (χ2n) is 1.59. The van der Waals surface area contributed by atoms with Crippen molar-refractivity contribution in [3.05, 3.63) is 30.5 Å². The van der Waals surface area contributed by atoms with Crippen molar-refractivity contribution in [2.75, 3.05) is 0 Å². The van der Waals surface area contributed by atoms with Crippen LogP contribution in [-0.2, 0) is 0 Å². The van der Waals surface area contributed by atoms with E-state index in [9.17, 15) is 4.79 Å². The Morgan fingerprint density at radius 1 is 1.50 bits per heavy atom. The molecule has 0 aliphatic heterocycles. The highest BCUT2D eigenvalue weighted by molar-refractivity contribution is 9.11. The van der Waals surface area contributed by atoms with Crippen molar-refractivity contribution in [3.63, 3.8) is 0 Å². The van der Waals surface area contributed by atoms with E-state index in [0.717, 1.165) is 0 Å². The van der Waals surface area contributed by atoms with E-state index in [1.54, 1.807) is 0 Å². The Morgan fingerprint density at radius 3 is 2.60 bits per heavy atom. The monoisotopic (exact) mass is 285 g/mol. The Balaban J connectivity index is 3.50. The summed E-state index contributed by atoms with van der Waals surface area (Å²) in [4.78, 5) is 13.7. The maximum Gasteiger partial charge on any atom is 0.211 e. The van der Waals surface area contributed by atoms with E-state index < -0.39 is 0 Å². The normalized spacial score (nSPS) is 9.90. The molecule has 0 spiro atoms. The summed E-state index contributed by atoms with van der Waals surface area (Å²) in [5.74, 6) is 0. The minimum Gasteiger partial charge on any atom is -0.350 e. The van der Waals surface area contributed by atoms with Crippen molar-refractivity contribution < 1.29 is 0 Å². The third kappa shape index (κ3) is 1.44. The molecule has 1 heterocycles. The maximum absolute atomic E-state index is 11.0. The molecule has 0 bridgehead atoms. The Morgan fingerprint density at radius 2 is 2.10 bits per heavy atom. The first-order valence-electron chi connectivity index (χ1n) is 2.35. The number of aromatic nitrogens is 1. The van der Waals surface area contributed by atoms with E-state index in [-0.39, 0.29) is 5.43 Å². The Hall–Kier alpha value is 0.200. The Bertz CT molecular complexity index is 309. The molecule has 1 aromatic rings. The van der Waals surface area contributed by atoms with Crippen molar-refractivity contribution >= 4 is 43.5 Å². The Labute approximate surface area is 78.9 Å². The van der Waals surface area contributed by atoms with Crippen LogP contribution in [0.25, 0.3) is 0 Å². The first-order chi connectivity index (χ1) is 4.63. The SMILES string of the molecule is O=c1c(Br)c[nH]c(Cl)c1Br. The molecule has 0 aliphatic rings. The van der Waals surface area contributed by atoms with E-state index in [0.29, 0.717) is 14.1 Å². The van der Waals surface area contributed by atoms with Crippen LogP contribution in [-0.4, -0.2) is 4.98 Å². The molecule has 0 radical (unpaired) electrons. The topological polar surface area (TPSA) is 32.9 Å². The van der Waals surface area contributed by atoms with E-state index in [2.05, 4.69) is 36.8 Å². The van der Waals surface area contributed by atoms with Gasteiger partial charge in [0.25, 0.3) is 0 Å². The zero-order valence-electron chi connectivity index (χ0n) is 4.62. The van der Waals surface area contributed by atoms with Gasteiger partial charge in [-0.2, -0.15) is 0 Å². The van der Waals surface area contributed by atoms with E-state index >= 15 is 0 Å². The molecule has 0 saturated heterocycles. The lowest BCUT2D eigenvalue weighted by Crippen LogP contribution is -2.03. The summed E-state index contributed by atoms with van der Waals surface area (Å²) in [6.45, 7) is 0. The lowest BCUT2D eigenvalue weighted by molar-refractivity contribution is 1.26. The smallest absolute Gasteiger partial charge is 0.211 e. The van der Waals surface area contributed by atoms with Gasteiger partial charge in [-0.3, -0.25) is 4.79 Å². The van der Waals surface area contributed by atoms with Crippen LogP contribution >= 0.6 is 43.5 Å².